The number of aromatic nitrogens is 3. The maximum atomic E-state index is 11.8. The second-order valence-corrected chi connectivity index (χ2v) is 7.63. The number of benzene rings is 1. The van der Waals surface area contributed by atoms with Crippen LogP contribution >= 0.6 is 11.8 Å². The number of nitro benzene ring substituents is 1. The molecule has 1 aliphatic rings. The topological polar surface area (TPSA) is 128 Å². The summed E-state index contributed by atoms with van der Waals surface area (Å²) in [5.41, 5.74) is 1.17. The van der Waals surface area contributed by atoms with Crippen LogP contribution in [0.25, 0.3) is 6.08 Å². The quantitative estimate of drug-likeness (QED) is 0.301. The largest absolute Gasteiger partial charge is 0.477 e. The number of carboxylic acid groups (broad SMARTS) is 1. The van der Waals surface area contributed by atoms with E-state index in [-0.39, 0.29) is 10.6 Å². The fourth-order valence-corrected chi connectivity index (χ4v) is 3.68. The van der Waals surface area contributed by atoms with E-state index < -0.39 is 10.9 Å². The van der Waals surface area contributed by atoms with Crippen molar-refractivity contribution in [3.05, 3.63) is 44.6 Å². The molecule has 1 fully saturated rings. The van der Waals surface area contributed by atoms with Crippen molar-refractivity contribution in [2.75, 3.05) is 38.1 Å². The number of H-pyrrole nitrogens is 1. The Kier molecular flexibility index (Phi) is 6.49. The minimum atomic E-state index is -1.14. The van der Waals surface area contributed by atoms with Gasteiger partial charge in [0.15, 0.2) is 0 Å². The molecule has 10 nitrogen and oxygen atoms in total. The molecular formula is C18H22N6O4S. The maximum absolute atomic E-state index is 11.8. The lowest BCUT2D eigenvalue weighted by Gasteiger charge is -2.34. The number of aryl methyl sites for hydroxylation is 1. The van der Waals surface area contributed by atoms with Gasteiger partial charge in [-0.05, 0) is 31.0 Å². The Morgan fingerprint density at radius 3 is 2.69 bits per heavy atom. The van der Waals surface area contributed by atoms with Crippen LogP contribution in [-0.2, 0) is 11.2 Å². The predicted octanol–water partition coefficient (Wildman–Crippen LogP) is 2.24. The van der Waals surface area contributed by atoms with Crippen molar-refractivity contribution in [3.63, 3.8) is 0 Å². The van der Waals surface area contributed by atoms with Crippen LogP contribution < -0.4 is 4.90 Å². The molecule has 1 aromatic heterocycles. The Morgan fingerprint density at radius 1 is 1.38 bits per heavy atom. The zero-order valence-electron chi connectivity index (χ0n) is 16.2. The molecule has 0 aliphatic carbocycles. The van der Waals surface area contributed by atoms with E-state index in [1.54, 1.807) is 6.07 Å². The average Bonchev–Trinajstić information content (AvgIpc) is 3.15. The number of non-ortho nitro benzene ring substituents is 1. The highest BCUT2D eigenvalue weighted by Crippen LogP contribution is 2.32. The number of anilines is 1. The van der Waals surface area contributed by atoms with Gasteiger partial charge in [-0.25, -0.2) is 9.78 Å². The molecule has 0 atom stereocenters. The molecule has 2 aromatic rings. The third-order valence-corrected chi connectivity index (χ3v) is 5.49. The number of aromatic amines is 1. The summed E-state index contributed by atoms with van der Waals surface area (Å²) in [6.07, 6.45) is 2.10. The zero-order valence-corrected chi connectivity index (χ0v) is 17.0. The van der Waals surface area contributed by atoms with E-state index in [1.807, 2.05) is 14.0 Å². The lowest BCUT2D eigenvalue weighted by atomic mass is 10.1. The normalized spacial score (nSPS) is 15.5. The summed E-state index contributed by atoms with van der Waals surface area (Å²) in [7, 11) is 2.04. The molecule has 1 saturated heterocycles. The Hall–Kier alpha value is -2.92. The molecular weight excluding hydrogens is 396 g/mol. The molecule has 1 aromatic carbocycles. The highest BCUT2D eigenvalue weighted by molar-refractivity contribution is 8.04. The second kappa shape index (κ2) is 9.05. The number of nitrogens with zero attached hydrogens (tertiary/aromatic N) is 5. The van der Waals surface area contributed by atoms with Crippen molar-refractivity contribution in [2.45, 2.75) is 18.5 Å². The number of nitro groups is 1. The molecule has 0 amide bonds. The first-order chi connectivity index (χ1) is 13.9. The fraction of sp³-hybridized carbons (Fsp3) is 0.389. The monoisotopic (exact) mass is 418 g/mol. The number of aliphatic carboxylic acids is 1. The maximum Gasteiger partial charge on any atom is 0.342 e. The van der Waals surface area contributed by atoms with Crippen LogP contribution in [0.15, 0.2) is 28.3 Å². The Bertz CT molecular complexity index is 936. The van der Waals surface area contributed by atoms with Crippen molar-refractivity contribution in [3.8, 4) is 0 Å². The zero-order chi connectivity index (χ0) is 21.0. The van der Waals surface area contributed by atoms with E-state index in [9.17, 15) is 20.0 Å². The lowest BCUT2D eigenvalue weighted by Crippen LogP contribution is -2.44. The highest BCUT2D eigenvalue weighted by Gasteiger charge is 2.21. The van der Waals surface area contributed by atoms with Crippen LogP contribution in [0.3, 0.4) is 0 Å². The third-order valence-electron chi connectivity index (χ3n) is 4.61. The van der Waals surface area contributed by atoms with E-state index in [0.717, 1.165) is 43.6 Å². The number of thioether (sulfide) groups is 1. The molecule has 0 saturated carbocycles. The molecule has 0 unspecified atom stereocenters. The molecule has 0 radical (unpaired) electrons. The van der Waals surface area contributed by atoms with Gasteiger partial charge in [-0.1, -0.05) is 6.92 Å². The number of carboxylic acids is 1. The number of nitrogens with one attached hydrogen (secondary N) is 1. The standard InChI is InChI=1S/C18H22N6O4S/c1-3-16-19-18(21-20-16)29-15(17(25)26)11-12-10-13(24(27)28)4-5-14(12)23-8-6-22(2)7-9-23/h4-5,10-11H,3,6-9H2,1-2H3,(H,25,26)(H,19,20,21)/b15-11+. The van der Waals surface area contributed by atoms with Crippen LogP contribution in [-0.4, -0.2) is 69.3 Å². The first-order valence-electron chi connectivity index (χ1n) is 9.13. The summed E-state index contributed by atoms with van der Waals surface area (Å²) < 4.78 is 0. The molecule has 3 rings (SSSR count). The van der Waals surface area contributed by atoms with Crippen molar-refractivity contribution in [1.29, 1.82) is 0 Å². The predicted molar refractivity (Wildman–Crippen MR) is 110 cm³/mol. The fourth-order valence-electron chi connectivity index (χ4n) is 2.96. The van der Waals surface area contributed by atoms with E-state index in [4.69, 9.17) is 0 Å². The van der Waals surface area contributed by atoms with Gasteiger partial charge in [0.05, 0.1) is 4.92 Å². The van der Waals surface area contributed by atoms with Crippen molar-refractivity contribution >= 4 is 35.2 Å². The smallest absolute Gasteiger partial charge is 0.342 e. The van der Waals surface area contributed by atoms with Crippen molar-refractivity contribution in [1.82, 2.24) is 20.1 Å². The van der Waals surface area contributed by atoms with Crippen molar-refractivity contribution in [2.24, 2.45) is 0 Å². The summed E-state index contributed by atoms with van der Waals surface area (Å²) >= 11 is 0.909. The van der Waals surface area contributed by atoms with Gasteiger partial charge in [-0.3, -0.25) is 15.2 Å². The molecule has 154 valence electrons. The minimum absolute atomic E-state index is 0.0115. The molecule has 1 aliphatic heterocycles. The van der Waals surface area contributed by atoms with Crippen molar-refractivity contribution < 1.29 is 14.8 Å². The average molecular weight is 418 g/mol. The summed E-state index contributed by atoms with van der Waals surface area (Å²) in [5, 5.41) is 28.0. The second-order valence-electron chi connectivity index (χ2n) is 6.62. The van der Waals surface area contributed by atoms with E-state index >= 15 is 0 Å². The van der Waals surface area contributed by atoms with Gasteiger partial charge in [0, 0.05) is 56.0 Å². The molecule has 11 heteroatoms. The summed E-state index contributed by atoms with van der Waals surface area (Å²) in [5.74, 6) is -0.487. The van der Waals surface area contributed by atoms with E-state index in [0.29, 0.717) is 23.0 Å². The minimum Gasteiger partial charge on any atom is -0.477 e. The van der Waals surface area contributed by atoms with Crippen LogP contribution in [0.2, 0.25) is 0 Å². The van der Waals surface area contributed by atoms with Gasteiger partial charge in [0.1, 0.15) is 10.7 Å². The summed E-state index contributed by atoms with van der Waals surface area (Å²) in [6.45, 7) is 5.14. The molecule has 2 heterocycles. The van der Waals surface area contributed by atoms with Gasteiger partial charge < -0.3 is 14.9 Å². The van der Waals surface area contributed by atoms with Crippen LogP contribution in [0.5, 0.6) is 0 Å². The van der Waals surface area contributed by atoms with E-state index in [2.05, 4.69) is 25.0 Å². The summed E-state index contributed by atoms with van der Waals surface area (Å²) in [4.78, 5) is 31.1. The number of rotatable bonds is 7. The van der Waals surface area contributed by atoms with Gasteiger partial charge in [-0.2, -0.15) is 0 Å². The number of hydrogen-bond acceptors (Lipinski definition) is 8. The summed E-state index contributed by atoms with van der Waals surface area (Å²) in [6, 6.07) is 4.54. The van der Waals surface area contributed by atoms with Crippen LogP contribution in [0.4, 0.5) is 11.4 Å². The SMILES string of the molecule is CCc1nc(S/C(=C/c2cc([N+](=O)[O-])ccc2N2CCN(C)CC2)C(=O)O)n[nH]1. The number of piperazine rings is 1. The molecule has 0 spiro atoms. The number of hydrogen-bond donors (Lipinski definition) is 2. The van der Waals surface area contributed by atoms with Crippen LogP contribution in [0.1, 0.15) is 18.3 Å². The molecule has 29 heavy (non-hydrogen) atoms. The Morgan fingerprint density at radius 2 is 2.10 bits per heavy atom. The van der Waals surface area contributed by atoms with Gasteiger partial charge >= 0.3 is 5.97 Å². The van der Waals surface area contributed by atoms with E-state index in [1.165, 1.54) is 18.2 Å². The highest BCUT2D eigenvalue weighted by atomic mass is 32.2. The molecule has 2 N–H and O–H groups in total. The third kappa shape index (κ3) is 5.12. The van der Waals surface area contributed by atoms with Gasteiger partial charge in [-0.15, -0.1) is 5.10 Å². The first kappa shape index (κ1) is 20.8. The Labute approximate surface area is 171 Å². The van der Waals surface area contributed by atoms with Gasteiger partial charge in [0.25, 0.3) is 5.69 Å². The molecule has 0 bridgehead atoms. The number of carbonyl (C=O) groups is 1. The van der Waals surface area contributed by atoms with Crippen LogP contribution in [0, 0.1) is 10.1 Å². The first-order valence-corrected chi connectivity index (χ1v) is 9.95. The lowest BCUT2D eigenvalue weighted by molar-refractivity contribution is -0.384. The number of likely N-dealkylation sites (N-methyl/N-ethyl adjacent to an activating group) is 1. The Balaban J connectivity index is 1.98. The van der Waals surface area contributed by atoms with Gasteiger partial charge in [0.2, 0.25) is 5.16 Å².